The first-order valence-electron chi connectivity index (χ1n) is 17.9. The van der Waals surface area contributed by atoms with Crippen molar-refractivity contribution >= 4 is 38.4 Å². The number of rotatable bonds is 5. The number of nitrogens with zero attached hydrogens (tertiary/aromatic N) is 2. The van der Waals surface area contributed by atoms with Crippen LogP contribution in [0.4, 0.5) is 0 Å². The van der Waals surface area contributed by atoms with Gasteiger partial charge in [-0.2, -0.15) is 0 Å². The number of hydrogen-bond donors (Lipinski definition) is 0. The second-order valence-corrected chi connectivity index (χ2v) is 14.4. The Kier molecular flexibility index (Phi) is 8.48. The largest absolute Gasteiger partial charge is 0.264 e. The molecule has 1 aliphatic rings. The Hall–Kier alpha value is -6.16. The smallest absolute Gasteiger partial charge is 0.124 e. The van der Waals surface area contributed by atoms with Crippen molar-refractivity contribution in [3.63, 3.8) is 0 Å². The van der Waals surface area contributed by atoms with Crippen molar-refractivity contribution in [2.45, 2.75) is 19.8 Å². The topological polar surface area (TPSA) is 25.8 Å². The zero-order valence-electron chi connectivity index (χ0n) is 29.0. The summed E-state index contributed by atoms with van der Waals surface area (Å²) in [7, 11) is 0. The quantitative estimate of drug-likeness (QED) is 0.180. The van der Waals surface area contributed by atoms with E-state index in [9.17, 15) is 0 Å². The van der Waals surface area contributed by atoms with Gasteiger partial charge in [-0.25, -0.2) is 4.98 Å². The van der Waals surface area contributed by atoms with Crippen LogP contribution in [0, 0.1) is 6.92 Å². The maximum absolute atomic E-state index is 5.34. The minimum atomic E-state index is 1.02. The first-order valence-corrected chi connectivity index (χ1v) is 18.7. The van der Waals surface area contributed by atoms with Crippen LogP contribution in [0.5, 0.6) is 0 Å². The Morgan fingerprint density at radius 1 is 0.558 bits per heavy atom. The van der Waals surface area contributed by atoms with Gasteiger partial charge in [0.25, 0.3) is 0 Å². The molecule has 1 aliphatic carbocycles. The summed E-state index contributed by atoms with van der Waals surface area (Å²) in [4.78, 5) is 9.63. The molecule has 3 heteroatoms. The summed E-state index contributed by atoms with van der Waals surface area (Å²) in [5.41, 5.74) is 15.7. The van der Waals surface area contributed by atoms with Gasteiger partial charge in [-0.15, -0.1) is 11.3 Å². The van der Waals surface area contributed by atoms with Crippen molar-refractivity contribution < 1.29 is 0 Å². The standard InChI is InChI=1S/C49H36N2S/c1-33-10-3-2-4-12-37(14-7-11-33)46-30-41(44-19-8-15-36-13-5-6-17-42(36)44)31-47-48(46)51-49(52-47)39-26-22-35(23-27-39)34-20-24-38(25-21-34)43-18-9-16-40-32-50-29-28-45(40)43/h2-4,6-12,14-32H,5,13H2,1H3. The van der Waals surface area contributed by atoms with Crippen molar-refractivity contribution in [3.8, 4) is 55.1 Å². The highest BCUT2D eigenvalue weighted by atomic mass is 32.1. The van der Waals surface area contributed by atoms with Crippen LogP contribution < -0.4 is 0 Å². The molecule has 0 N–H and O–H groups in total. The van der Waals surface area contributed by atoms with Gasteiger partial charge in [0.15, 0.2) is 0 Å². The minimum absolute atomic E-state index is 1.02. The average Bonchev–Trinajstić information content (AvgIpc) is 3.64. The van der Waals surface area contributed by atoms with Gasteiger partial charge in [0.05, 0.1) is 10.2 Å². The fraction of sp³-hybridized carbons (Fsp3) is 0.0612. The molecule has 9 rings (SSSR count). The van der Waals surface area contributed by atoms with Gasteiger partial charge in [-0.1, -0.05) is 151 Å². The predicted molar refractivity (Wildman–Crippen MR) is 222 cm³/mol. The number of fused-ring (bicyclic) bond motifs is 3. The Morgan fingerprint density at radius 3 is 2.12 bits per heavy atom. The highest BCUT2D eigenvalue weighted by Crippen LogP contribution is 2.41. The zero-order chi connectivity index (χ0) is 34.9. The molecule has 0 spiro atoms. The number of hydrogen-bond acceptors (Lipinski definition) is 3. The Balaban J connectivity index is 1.11. The molecule has 6 aromatic carbocycles. The minimum Gasteiger partial charge on any atom is -0.264 e. The summed E-state index contributed by atoms with van der Waals surface area (Å²) in [6, 6.07) is 54.8. The molecule has 52 heavy (non-hydrogen) atoms. The van der Waals surface area contributed by atoms with E-state index in [1.54, 1.807) is 11.3 Å². The second kappa shape index (κ2) is 13.9. The maximum Gasteiger partial charge on any atom is 0.124 e. The third kappa shape index (κ3) is 6.21. The average molecular weight is 685 g/mol. The van der Waals surface area contributed by atoms with Crippen LogP contribution >= 0.6 is 11.3 Å². The molecule has 0 fully saturated rings. The van der Waals surface area contributed by atoms with Gasteiger partial charge in [0.1, 0.15) is 5.01 Å². The first kappa shape index (κ1) is 31.8. The van der Waals surface area contributed by atoms with Gasteiger partial charge in [0.2, 0.25) is 0 Å². The number of benzene rings is 5. The lowest BCUT2D eigenvalue weighted by Crippen LogP contribution is -1.96. The fourth-order valence-electron chi connectivity index (χ4n) is 7.29. The van der Waals surface area contributed by atoms with Crippen LogP contribution in [0.15, 0.2) is 170 Å². The van der Waals surface area contributed by atoms with E-state index in [1.165, 1.54) is 60.2 Å². The van der Waals surface area contributed by atoms with Crippen molar-refractivity contribution in [2.24, 2.45) is 0 Å². The van der Waals surface area contributed by atoms with E-state index in [0.29, 0.717) is 0 Å². The van der Waals surface area contributed by atoms with Gasteiger partial charge >= 0.3 is 0 Å². The van der Waals surface area contributed by atoms with Crippen molar-refractivity contribution in [1.82, 2.24) is 9.97 Å². The molecule has 0 aliphatic heterocycles. The molecule has 2 nitrogen and oxygen atoms in total. The van der Waals surface area contributed by atoms with Crippen LogP contribution in [0.2, 0.25) is 0 Å². The fourth-order valence-corrected chi connectivity index (χ4v) is 8.33. The second-order valence-electron chi connectivity index (χ2n) is 13.4. The lowest BCUT2D eigenvalue weighted by Gasteiger charge is -2.16. The molecule has 0 atom stereocenters. The van der Waals surface area contributed by atoms with E-state index in [4.69, 9.17) is 4.98 Å². The molecule has 2 heterocycles. The lowest BCUT2D eigenvalue weighted by molar-refractivity contribution is 0.986. The third-order valence-electron chi connectivity index (χ3n) is 10.0. The molecule has 0 saturated heterocycles. The van der Waals surface area contributed by atoms with Gasteiger partial charge in [-0.05, 0) is 93.4 Å². The van der Waals surface area contributed by atoms with Gasteiger partial charge in [0, 0.05) is 28.9 Å². The molecular formula is C49H36N2S. The SMILES string of the molecule is Cc1cccccc(-c2cc(-c3cccc4c3C=CCC4)cc3sc(-c4ccc(-c5ccc(-c6cccc7cnccc67)cc5)cc4)nc23)ccc1. The van der Waals surface area contributed by atoms with Crippen molar-refractivity contribution in [3.05, 3.63) is 187 Å². The van der Waals surface area contributed by atoms with Crippen LogP contribution in [0.3, 0.4) is 0 Å². The summed E-state index contributed by atoms with van der Waals surface area (Å²) in [6.07, 6.45) is 10.6. The van der Waals surface area contributed by atoms with Gasteiger partial charge in [-0.3, -0.25) is 4.98 Å². The van der Waals surface area contributed by atoms with E-state index in [1.807, 2.05) is 12.4 Å². The van der Waals surface area contributed by atoms with E-state index < -0.39 is 0 Å². The van der Waals surface area contributed by atoms with Gasteiger partial charge < -0.3 is 0 Å². The Labute approximate surface area is 308 Å². The molecule has 2 aromatic heterocycles. The van der Waals surface area contributed by atoms with Crippen LogP contribution in [-0.4, -0.2) is 9.97 Å². The molecule has 0 saturated carbocycles. The Bertz CT molecular complexity index is 2680. The van der Waals surface area contributed by atoms with E-state index in [0.717, 1.165) is 45.4 Å². The molecular weight excluding hydrogens is 649 g/mol. The summed E-state index contributed by atoms with van der Waals surface area (Å²) in [6.45, 7) is 2.13. The number of allylic oxidation sites excluding steroid dienone is 1. The van der Waals surface area contributed by atoms with Crippen molar-refractivity contribution in [2.75, 3.05) is 0 Å². The molecule has 0 amide bonds. The van der Waals surface area contributed by atoms with Crippen LogP contribution in [-0.2, 0) is 6.42 Å². The molecule has 0 bridgehead atoms. The lowest BCUT2D eigenvalue weighted by atomic mass is 9.89. The van der Waals surface area contributed by atoms with E-state index in [2.05, 4.69) is 176 Å². The normalized spacial score (nSPS) is 12.1. The summed E-state index contributed by atoms with van der Waals surface area (Å²) in [5, 5.41) is 3.39. The zero-order valence-corrected chi connectivity index (χ0v) is 29.8. The first-order chi connectivity index (χ1) is 25.7. The van der Waals surface area contributed by atoms with E-state index >= 15 is 0 Å². The van der Waals surface area contributed by atoms with Crippen LogP contribution in [0.25, 0.3) is 82.1 Å². The molecule has 0 radical (unpaired) electrons. The highest BCUT2D eigenvalue weighted by Gasteiger charge is 2.17. The Morgan fingerprint density at radius 2 is 1.25 bits per heavy atom. The number of aryl methyl sites for hydroxylation is 2. The summed E-state index contributed by atoms with van der Waals surface area (Å²) < 4.78 is 1.19. The van der Waals surface area contributed by atoms with Crippen molar-refractivity contribution in [1.29, 1.82) is 0 Å². The third-order valence-corrected chi connectivity index (χ3v) is 11.1. The molecule has 248 valence electrons. The van der Waals surface area contributed by atoms with E-state index in [-0.39, 0.29) is 0 Å². The molecule has 8 aromatic rings. The monoisotopic (exact) mass is 684 g/mol. The number of thiazole rings is 1. The summed E-state index contributed by atoms with van der Waals surface area (Å²) >= 11 is 1.77. The van der Waals surface area contributed by atoms with Crippen LogP contribution in [0.1, 0.15) is 23.1 Å². The predicted octanol–water partition coefficient (Wildman–Crippen LogP) is 13.6. The number of aromatic nitrogens is 2. The number of pyridine rings is 1. The maximum atomic E-state index is 5.34. The molecule has 0 unspecified atom stereocenters. The summed E-state index contributed by atoms with van der Waals surface area (Å²) in [5.74, 6) is 0. The highest BCUT2D eigenvalue weighted by molar-refractivity contribution is 7.21.